The molecule has 0 bridgehead atoms. The van der Waals surface area contributed by atoms with Crippen molar-refractivity contribution in [3.05, 3.63) is 23.9 Å². The standard InChI is InChI=1S/C18H28N6O3/c1-11(2)16(18(26)27)14(17-20-22-23-21-17)8-12-5-6-15(19-9-12)24-7-3-4-13(24)10-25/h5-6,9,11,13-14,16,22-23,25H,3-4,7-8,10H2,1-2H3,(H,20,21)(H,26,27). The Balaban J connectivity index is 1.78. The molecule has 9 nitrogen and oxygen atoms in total. The Labute approximate surface area is 158 Å². The summed E-state index contributed by atoms with van der Waals surface area (Å²) in [6.45, 7) is 4.84. The van der Waals surface area contributed by atoms with E-state index < -0.39 is 11.9 Å². The number of aliphatic hydroxyl groups is 1. The van der Waals surface area contributed by atoms with Crippen LogP contribution in [0, 0.1) is 17.8 Å². The van der Waals surface area contributed by atoms with Gasteiger partial charge >= 0.3 is 5.97 Å². The van der Waals surface area contributed by atoms with Gasteiger partial charge in [-0.2, -0.15) is 0 Å². The minimum absolute atomic E-state index is 0.0419. The zero-order valence-corrected chi connectivity index (χ0v) is 15.7. The molecule has 0 amide bonds. The minimum atomic E-state index is -0.834. The van der Waals surface area contributed by atoms with Gasteiger partial charge in [-0.3, -0.25) is 10.2 Å². The predicted octanol–water partition coefficient (Wildman–Crippen LogP) is 0.484. The van der Waals surface area contributed by atoms with E-state index >= 15 is 0 Å². The number of hydrogen-bond donors (Lipinski definition) is 5. The summed E-state index contributed by atoms with van der Waals surface area (Å²) < 4.78 is 0. The quantitative estimate of drug-likeness (QED) is 0.444. The lowest BCUT2D eigenvalue weighted by Crippen LogP contribution is -2.43. The molecule has 0 aromatic carbocycles. The molecule has 0 radical (unpaired) electrons. The van der Waals surface area contributed by atoms with Gasteiger partial charge in [-0.25, -0.2) is 10.5 Å². The van der Waals surface area contributed by atoms with Gasteiger partial charge in [0.2, 0.25) is 0 Å². The van der Waals surface area contributed by atoms with Gasteiger partial charge in [-0.05, 0) is 36.8 Å². The number of aliphatic hydroxyl groups excluding tert-OH is 1. The third-order valence-corrected chi connectivity index (χ3v) is 5.36. The Kier molecular flexibility index (Phi) is 6.12. The lowest BCUT2D eigenvalue weighted by atomic mass is 9.79. The van der Waals surface area contributed by atoms with Crippen LogP contribution < -0.4 is 21.4 Å². The van der Waals surface area contributed by atoms with Crippen LogP contribution in [0.15, 0.2) is 23.4 Å². The number of nitrogens with zero attached hydrogens (tertiary/aromatic N) is 3. The number of carboxylic acid groups (broad SMARTS) is 1. The summed E-state index contributed by atoms with van der Waals surface area (Å²) in [5, 5.41) is 23.4. The number of hydrogen-bond acceptors (Lipinski definition) is 8. The van der Waals surface area contributed by atoms with Crippen molar-refractivity contribution >= 4 is 17.6 Å². The van der Waals surface area contributed by atoms with Gasteiger partial charge in [-0.1, -0.05) is 19.9 Å². The summed E-state index contributed by atoms with van der Waals surface area (Å²) in [6, 6.07) is 4.06. The number of aromatic nitrogens is 1. The highest BCUT2D eigenvalue weighted by molar-refractivity contribution is 5.89. The first-order valence-electron chi connectivity index (χ1n) is 9.40. The molecule has 3 heterocycles. The second-order valence-corrected chi connectivity index (χ2v) is 7.47. The highest BCUT2D eigenvalue weighted by Crippen LogP contribution is 2.28. The minimum Gasteiger partial charge on any atom is -0.481 e. The third kappa shape index (κ3) is 4.30. The Morgan fingerprint density at radius 3 is 2.78 bits per heavy atom. The number of carbonyl (C=O) groups is 1. The van der Waals surface area contributed by atoms with E-state index in [1.165, 1.54) is 0 Å². The molecule has 1 saturated heterocycles. The number of pyridine rings is 1. The van der Waals surface area contributed by atoms with Gasteiger partial charge < -0.3 is 15.1 Å². The van der Waals surface area contributed by atoms with Gasteiger partial charge in [0, 0.05) is 18.7 Å². The maximum atomic E-state index is 11.9. The smallest absolute Gasteiger partial charge is 0.307 e. The second kappa shape index (κ2) is 8.53. The fraction of sp³-hybridized carbons (Fsp3) is 0.611. The number of aliphatic carboxylic acids is 1. The van der Waals surface area contributed by atoms with Crippen molar-refractivity contribution in [1.29, 1.82) is 0 Å². The number of amidine groups is 1. The molecule has 2 aliphatic heterocycles. The number of hydrazone groups is 1. The summed E-state index contributed by atoms with van der Waals surface area (Å²) in [4.78, 5) is 18.6. The highest BCUT2D eigenvalue weighted by Gasteiger charge is 2.36. The molecular formula is C18H28N6O3. The van der Waals surface area contributed by atoms with Gasteiger partial charge in [0.15, 0.2) is 0 Å². The summed E-state index contributed by atoms with van der Waals surface area (Å²) in [5.74, 6) is -0.326. The monoisotopic (exact) mass is 376 g/mol. The maximum absolute atomic E-state index is 11.9. The van der Waals surface area contributed by atoms with E-state index in [1.807, 2.05) is 26.0 Å². The van der Waals surface area contributed by atoms with E-state index in [-0.39, 0.29) is 24.5 Å². The molecule has 0 aliphatic carbocycles. The van der Waals surface area contributed by atoms with Crippen molar-refractivity contribution in [2.45, 2.75) is 39.2 Å². The van der Waals surface area contributed by atoms with Crippen LogP contribution in [0.3, 0.4) is 0 Å². The fourth-order valence-corrected chi connectivity index (χ4v) is 3.99. The molecule has 5 N–H and O–H groups in total. The topological polar surface area (TPSA) is 122 Å². The second-order valence-electron chi connectivity index (χ2n) is 7.47. The number of anilines is 1. The summed E-state index contributed by atoms with van der Waals surface area (Å²) in [5.41, 5.74) is 9.16. The average molecular weight is 376 g/mol. The van der Waals surface area contributed by atoms with Gasteiger partial charge in [0.25, 0.3) is 0 Å². The molecule has 2 aliphatic rings. The Hall–Kier alpha value is -2.39. The van der Waals surface area contributed by atoms with Crippen LogP contribution in [-0.2, 0) is 11.2 Å². The first-order valence-corrected chi connectivity index (χ1v) is 9.40. The van der Waals surface area contributed by atoms with Crippen LogP contribution in [0.4, 0.5) is 5.82 Å². The lowest BCUT2D eigenvalue weighted by Gasteiger charge is -2.27. The zero-order chi connectivity index (χ0) is 19.4. The molecule has 3 atom stereocenters. The number of nitrogens with one attached hydrogen (secondary N) is 3. The maximum Gasteiger partial charge on any atom is 0.307 e. The largest absolute Gasteiger partial charge is 0.481 e. The van der Waals surface area contributed by atoms with E-state index in [4.69, 9.17) is 0 Å². The van der Waals surface area contributed by atoms with Crippen LogP contribution in [0.1, 0.15) is 32.3 Å². The normalized spacial score (nSPS) is 21.6. The van der Waals surface area contributed by atoms with E-state index in [2.05, 4.69) is 31.5 Å². The van der Waals surface area contributed by atoms with E-state index in [1.54, 1.807) is 6.20 Å². The molecule has 148 valence electrons. The van der Waals surface area contributed by atoms with Gasteiger partial charge in [0.1, 0.15) is 11.7 Å². The first-order chi connectivity index (χ1) is 13.0. The van der Waals surface area contributed by atoms with Crippen molar-refractivity contribution in [1.82, 2.24) is 21.5 Å². The lowest BCUT2D eigenvalue weighted by molar-refractivity contribution is -0.144. The summed E-state index contributed by atoms with van der Waals surface area (Å²) >= 11 is 0. The summed E-state index contributed by atoms with van der Waals surface area (Å²) in [7, 11) is 0. The average Bonchev–Trinajstić information content (AvgIpc) is 3.32. The Morgan fingerprint density at radius 1 is 1.41 bits per heavy atom. The van der Waals surface area contributed by atoms with E-state index in [0.717, 1.165) is 30.8 Å². The fourth-order valence-electron chi connectivity index (χ4n) is 3.99. The van der Waals surface area contributed by atoms with Crippen LogP contribution in [0.5, 0.6) is 0 Å². The molecule has 0 saturated carbocycles. The molecule has 9 heteroatoms. The number of hydrazine groups is 2. The van der Waals surface area contributed by atoms with Gasteiger partial charge in [-0.15, -0.1) is 10.6 Å². The van der Waals surface area contributed by atoms with Crippen molar-refractivity contribution in [3.63, 3.8) is 0 Å². The Morgan fingerprint density at radius 2 is 2.22 bits per heavy atom. The Bertz CT molecular complexity index is 678. The van der Waals surface area contributed by atoms with Crippen molar-refractivity contribution in [3.8, 4) is 0 Å². The molecule has 1 aromatic rings. The molecule has 1 aromatic heterocycles. The molecule has 3 unspecified atom stereocenters. The predicted molar refractivity (Wildman–Crippen MR) is 102 cm³/mol. The molecule has 0 spiro atoms. The van der Waals surface area contributed by atoms with Crippen LogP contribution in [-0.4, -0.2) is 46.2 Å². The highest BCUT2D eigenvalue weighted by atomic mass is 16.4. The summed E-state index contributed by atoms with van der Waals surface area (Å²) in [6.07, 6.45) is 4.34. The number of carboxylic acids is 1. The van der Waals surface area contributed by atoms with E-state index in [9.17, 15) is 15.0 Å². The van der Waals surface area contributed by atoms with Crippen LogP contribution >= 0.6 is 0 Å². The molecule has 3 rings (SSSR count). The van der Waals surface area contributed by atoms with Crippen LogP contribution in [0.25, 0.3) is 0 Å². The number of rotatable bonds is 8. The third-order valence-electron chi connectivity index (χ3n) is 5.36. The first kappa shape index (κ1) is 19.4. The molecule has 27 heavy (non-hydrogen) atoms. The van der Waals surface area contributed by atoms with Crippen LogP contribution in [0.2, 0.25) is 0 Å². The molecule has 1 fully saturated rings. The van der Waals surface area contributed by atoms with Crippen molar-refractivity contribution in [2.24, 2.45) is 22.9 Å². The van der Waals surface area contributed by atoms with Crippen molar-refractivity contribution < 1.29 is 15.0 Å². The van der Waals surface area contributed by atoms with Gasteiger partial charge in [0.05, 0.1) is 18.6 Å². The molecular weight excluding hydrogens is 348 g/mol. The van der Waals surface area contributed by atoms with Crippen molar-refractivity contribution in [2.75, 3.05) is 18.1 Å². The zero-order valence-electron chi connectivity index (χ0n) is 15.7. The van der Waals surface area contributed by atoms with E-state index in [0.29, 0.717) is 12.3 Å². The SMILES string of the molecule is CC(C)C(C(=O)O)C(Cc1ccc(N2CCCC2CO)nc1)C1=NNNN1.